The van der Waals surface area contributed by atoms with Crippen molar-refractivity contribution in [2.24, 2.45) is 0 Å². The lowest BCUT2D eigenvalue weighted by molar-refractivity contribution is -0.384. The molecule has 0 aliphatic carbocycles. The summed E-state index contributed by atoms with van der Waals surface area (Å²) in [5.41, 5.74) is -1.00. The highest BCUT2D eigenvalue weighted by Gasteiger charge is 2.39. The number of nitro groups is 1. The maximum absolute atomic E-state index is 12.7. The van der Waals surface area contributed by atoms with Crippen LogP contribution in [0.4, 0.5) is 10.5 Å². The molecule has 13 heteroatoms. The molecule has 1 fully saturated rings. The Hall–Kier alpha value is -4.03. The van der Waals surface area contributed by atoms with Crippen molar-refractivity contribution in [3.63, 3.8) is 0 Å². The molecule has 0 bridgehead atoms. The molecular formula is C23H29N5O8. The van der Waals surface area contributed by atoms with Gasteiger partial charge in [0.25, 0.3) is 17.5 Å². The highest BCUT2D eigenvalue weighted by Crippen LogP contribution is 2.27. The number of nitrogens with one attached hydrogen (secondary N) is 2. The number of carbonyl (C=O) groups excluding carboxylic acids is 5. The van der Waals surface area contributed by atoms with E-state index >= 15 is 0 Å². The van der Waals surface area contributed by atoms with Crippen LogP contribution in [-0.2, 0) is 14.3 Å². The van der Waals surface area contributed by atoms with E-state index in [4.69, 9.17) is 4.74 Å². The van der Waals surface area contributed by atoms with Crippen molar-refractivity contribution in [1.82, 2.24) is 20.4 Å². The van der Waals surface area contributed by atoms with E-state index in [1.54, 1.807) is 20.8 Å². The molecule has 1 saturated heterocycles. The molecule has 1 aromatic rings. The first kappa shape index (κ1) is 26.6. The summed E-state index contributed by atoms with van der Waals surface area (Å²) in [6, 6.07) is 3.25. The van der Waals surface area contributed by atoms with Crippen molar-refractivity contribution < 1.29 is 33.6 Å². The third-order valence-electron chi connectivity index (χ3n) is 5.69. The van der Waals surface area contributed by atoms with Gasteiger partial charge in [-0.3, -0.25) is 34.2 Å². The second-order valence-corrected chi connectivity index (χ2v) is 9.58. The fraction of sp³-hybridized carbons (Fsp3) is 0.522. The van der Waals surface area contributed by atoms with Gasteiger partial charge in [0, 0.05) is 44.2 Å². The maximum Gasteiger partial charge on any atom is 0.407 e. The van der Waals surface area contributed by atoms with E-state index in [1.807, 2.05) is 0 Å². The molecule has 194 valence electrons. The summed E-state index contributed by atoms with van der Waals surface area (Å²) in [5.74, 6) is -2.07. The van der Waals surface area contributed by atoms with E-state index in [0.717, 1.165) is 17.0 Å². The Balaban J connectivity index is 1.43. The quantitative estimate of drug-likeness (QED) is 0.318. The van der Waals surface area contributed by atoms with Gasteiger partial charge < -0.3 is 20.3 Å². The topological polar surface area (TPSA) is 168 Å². The summed E-state index contributed by atoms with van der Waals surface area (Å²) in [6.07, 6.45) is 0.464. The molecular weight excluding hydrogens is 474 g/mol. The Morgan fingerprint density at radius 1 is 1.11 bits per heavy atom. The van der Waals surface area contributed by atoms with Crippen LogP contribution in [-0.4, -0.2) is 82.3 Å². The second-order valence-electron chi connectivity index (χ2n) is 9.58. The van der Waals surface area contributed by atoms with Gasteiger partial charge in [-0.2, -0.15) is 0 Å². The Morgan fingerprint density at radius 2 is 1.75 bits per heavy atom. The fourth-order valence-electron chi connectivity index (χ4n) is 3.94. The molecule has 2 aliphatic heterocycles. The van der Waals surface area contributed by atoms with Gasteiger partial charge in [0.2, 0.25) is 11.8 Å². The van der Waals surface area contributed by atoms with Gasteiger partial charge in [-0.1, -0.05) is 0 Å². The monoisotopic (exact) mass is 503 g/mol. The highest BCUT2D eigenvalue weighted by molar-refractivity contribution is 6.22. The number of imide groups is 1. The zero-order chi connectivity index (χ0) is 26.6. The Labute approximate surface area is 207 Å². The first-order valence-electron chi connectivity index (χ1n) is 11.5. The molecule has 36 heavy (non-hydrogen) atoms. The molecule has 0 aromatic heterocycles. The van der Waals surface area contributed by atoms with E-state index in [9.17, 15) is 34.1 Å². The molecule has 2 N–H and O–H groups in total. The van der Waals surface area contributed by atoms with Gasteiger partial charge >= 0.3 is 6.09 Å². The van der Waals surface area contributed by atoms with Crippen LogP contribution in [0.2, 0.25) is 0 Å². The number of piperidine rings is 1. The maximum atomic E-state index is 12.7. The summed E-state index contributed by atoms with van der Waals surface area (Å²) in [6.45, 7) is 5.54. The van der Waals surface area contributed by atoms with E-state index in [-0.39, 0.29) is 41.7 Å². The van der Waals surface area contributed by atoms with Crippen LogP contribution >= 0.6 is 0 Å². The Kier molecular flexibility index (Phi) is 7.90. The molecule has 0 unspecified atom stereocenters. The molecule has 0 atom stereocenters. The van der Waals surface area contributed by atoms with Gasteiger partial charge in [0.05, 0.1) is 16.1 Å². The van der Waals surface area contributed by atoms with Gasteiger partial charge in [-0.25, -0.2) is 4.79 Å². The number of alkyl carbamates (subject to hydrolysis) is 1. The number of likely N-dealkylation sites (tertiary alicyclic amines) is 1. The fourth-order valence-corrected chi connectivity index (χ4v) is 3.94. The van der Waals surface area contributed by atoms with Crippen LogP contribution in [0.3, 0.4) is 0 Å². The molecule has 5 amide bonds. The number of hydrogen-bond acceptors (Lipinski definition) is 8. The minimum absolute atomic E-state index is 0.0287. The summed E-state index contributed by atoms with van der Waals surface area (Å²) >= 11 is 0. The SMILES string of the molecule is CC(C)(C)OC(=O)NCCC(=O)NC1CCN(C(=O)CN2C(=O)c3ccc([N+](=O)[O-])cc3C2=O)CC1. The largest absolute Gasteiger partial charge is 0.444 e. The zero-order valence-corrected chi connectivity index (χ0v) is 20.4. The third kappa shape index (κ3) is 6.55. The predicted molar refractivity (Wildman–Crippen MR) is 125 cm³/mol. The molecule has 1 aromatic carbocycles. The molecule has 3 rings (SSSR count). The lowest BCUT2D eigenvalue weighted by Gasteiger charge is -2.33. The number of fused-ring (bicyclic) bond motifs is 1. The average Bonchev–Trinajstić information content (AvgIpc) is 3.02. The number of carbonyl (C=O) groups is 5. The number of hydrogen-bond donors (Lipinski definition) is 2. The summed E-state index contributed by atoms with van der Waals surface area (Å²) in [4.78, 5) is 74.3. The van der Waals surface area contributed by atoms with Crippen molar-refractivity contribution in [2.45, 2.75) is 51.7 Å². The van der Waals surface area contributed by atoms with E-state index in [0.29, 0.717) is 25.9 Å². The smallest absolute Gasteiger partial charge is 0.407 e. The predicted octanol–water partition coefficient (Wildman–Crippen LogP) is 1.21. The molecule has 0 spiro atoms. The number of ether oxygens (including phenoxy) is 1. The number of amides is 5. The van der Waals surface area contributed by atoms with Gasteiger partial charge in [-0.15, -0.1) is 0 Å². The molecule has 2 heterocycles. The van der Waals surface area contributed by atoms with Crippen LogP contribution in [0.25, 0.3) is 0 Å². The van der Waals surface area contributed by atoms with Gasteiger partial charge in [0.15, 0.2) is 0 Å². The van der Waals surface area contributed by atoms with Crippen molar-refractivity contribution in [2.75, 3.05) is 26.2 Å². The number of nitro benzene ring substituents is 1. The molecule has 0 saturated carbocycles. The van der Waals surface area contributed by atoms with E-state index < -0.39 is 40.9 Å². The number of benzene rings is 1. The summed E-state index contributed by atoms with van der Waals surface area (Å²) in [7, 11) is 0. The lowest BCUT2D eigenvalue weighted by Crippen LogP contribution is -2.49. The van der Waals surface area contributed by atoms with Crippen molar-refractivity contribution >= 4 is 35.4 Å². The van der Waals surface area contributed by atoms with Gasteiger partial charge in [0.1, 0.15) is 12.1 Å². The third-order valence-corrected chi connectivity index (χ3v) is 5.69. The Morgan fingerprint density at radius 3 is 2.36 bits per heavy atom. The van der Waals surface area contributed by atoms with Crippen LogP contribution in [0.5, 0.6) is 0 Å². The van der Waals surface area contributed by atoms with Crippen LogP contribution in [0, 0.1) is 10.1 Å². The van der Waals surface area contributed by atoms with E-state index in [1.165, 1.54) is 11.0 Å². The number of rotatable bonds is 7. The lowest BCUT2D eigenvalue weighted by atomic mass is 10.0. The normalized spacial score (nSPS) is 16.0. The highest BCUT2D eigenvalue weighted by atomic mass is 16.6. The van der Waals surface area contributed by atoms with Gasteiger partial charge in [-0.05, 0) is 39.7 Å². The van der Waals surface area contributed by atoms with Crippen LogP contribution < -0.4 is 10.6 Å². The zero-order valence-electron chi connectivity index (χ0n) is 20.4. The minimum atomic E-state index is -0.741. The Bertz CT molecular complexity index is 1090. The standard InChI is InChI=1S/C23H29N5O8/c1-23(2,3)36-22(33)24-9-6-18(29)25-14-7-10-26(11-8-14)19(30)13-27-20(31)16-5-4-15(28(34)35)12-17(16)21(27)32/h4-5,12,14H,6-11,13H2,1-3H3,(H,24,33)(H,25,29). The second kappa shape index (κ2) is 10.7. The summed E-state index contributed by atoms with van der Waals surface area (Å²) < 4.78 is 5.11. The van der Waals surface area contributed by atoms with Crippen molar-refractivity contribution in [3.05, 3.63) is 39.4 Å². The number of non-ortho nitro benzene ring substituents is 1. The van der Waals surface area contributed by atoms with Crippen LogP contribution in [0.1, 0.15) is 60.7 Å². The molecule has 13 nitrogen and oxygen atoms in total. The molecule has 2 aliphatic rings. The number of nitrogens with zero attached hydrogens (tertiary/aromatic N) is 3. The van der Waals surface area contributed by atoms with Crippen molar-refractivity contribution in [1.29, 1.82) is 0 Å². The first-order valence-corrected chi connectivity index (χ1v) is 11.5. The first-order chi connectivity index (χ1) is 16.9. The van der Waals surface area contributed by atoms with Crippen LogP contribution in [0.15, 0.2) is 18.2 Å². The van der Waals surface area contributed by atoms with E-state index in [2.05, 4.69) is 10.6 Å². The minimum Gasteiger partial charge on any atom is -0.444 e. The van der Waals surface area contributed by atoms with Crippen molar-refractivity contribution in [3.8, 4) is 0 Å². The summed E-state index contributed by atoms with van der Waals surface area (Å²) in [5, 5.41) is 16.3. The average molecular weight is 504 g/mol. The molecule has 0 radical (unpaired) electrons.